The number of sulfonamides is 1. The number of carbonyl (C=O) groups is 1. The van der Waals surface area contributed by atoms with Crippen molar-refractivity contribution in [3.63, 3.8) is 0 Å². The van der Waals surface area contributed by atoms with Crippen LogP contribution in [0.1, 0.15) is 57.1 Å². The van der Waals surface area contributed by atoms with Crippen molar-refractivity contribution in [2.75, 3.05) is 18.1 Å². The number of hydrogen-bond donors (Lipinski definition) is 1. The normalized spacial score (nSPS) is 23.7. The van der Waals surface area contributed by atoms with Gasteiger partial charge in [-0.1, -0.05) is 18.6 Å². The molecule has 3 aromatic heterocycles. The van der Waals surface area contributed by atoms with Gasteiger partial charge in [-0.05, 0) is 53.2 Å². The number of alkyl halides is 1. The summed E-state index contributed by atoms with van der Waals surface area (Å²) in [5.74, 6) is 0.226. The number of anilines is 1. The summed E-state index contributed by atoms with van der Waals surface area (Å²) in [6, 6.07) is 4.78. The number of pyridine rings is 1. The molecule has 0 bridgehead atoms. The molecule has 0 radical (unpaired) electrons. The summed E-state index contributed by atoms with van der Waals surface area (Å²) < 4.78 is 51.2. The summed E-state index contributed by atoms with van der Waals surface area (Å²) >= 11 is 0. The van der Waals surface area contributed by atoms with E-state index in [1.54, 1.807) is 39.2 Å². The molecular formula is C27H34FN7O4S. The second-order valence-electron chi connectivity index (χ2n) is 11.7. The van der Waals surface area contributed by atoms with Gasteiger partial charge in [0, 0.05) is 31.3 Å². The molecule has 3 aromatic rings. The van der Waals surface area contributed by atoms with Gasteiger partial charge >= 0.3 is 0 Å². The molecule has 1 aliphatic heterocycles. The minimum atomic E-state index is -4.18. The molecule has 13 heteroatoms. The average Bonchev–Trinajstić information content (AvgIpc) is 3.29. The minimum absolute atomic E-state index is 0.0781. The van der Waals surface area contributed by atoms with Crippen molar-refractivity contribution in [3.8, 4) is 11.7 Å². The maximum atomic E-state index is 14.2. The Bertz CT molecular complexity index is 1640. The van der Waals surface area contributed by atoms with Gasteiger partial charge in [-0.3, -0.25) is 9.48 Å². The molecule has 0 saturated heterocycles. The van der Waals surface area contributed by atoms with Crippen molar-refractivity contribution in [2.24, 2.45) is 12.5 Å². The number of amides is 1. The molecule has 0 spiro atoms. The number of hydrogen-bond acceptors (Lipinski definition) is 8. The first-order chi connectivity index (χ1) is 18.5. The molecule has 11 nitrogen and oxygen atoms in total. The maximum Gasteiger partial charge on any atom is 0.268 e. The Kier molecular flexibility index (Phi) is 6.36. The van der Waals surface area contributed by atoms with E-state index in [4.69, 9.17) is 9.72 Å². The van der Waals surface area contributed by atoms with E-state index in [9.17, 15) is 17.6 Å². The molecule has 1 saturated carbocycles. The van der Waals surface area contributed by atoms with E-state index in [-0.39, 0.29) is 17.1 Å². The van der Waals surface area contributed by atoms with Crippen molar-refractivity contribution in [2.45, 2.75) is 64.1 Å². The van der Waals surface area contributed by atoms with E-state index >= 15 is 0 Å². The third-order valence-electron chi connectivity index (χ3n) is 7.96. The monoisotopic (exact) mass is 571 g/mol. The van der Waals surface area contributed by atoms with E-state index in [1.165, 1.54) is 21.6 Å². The SMILES string of the molecule is CC1=CC(C)(C)N(c2nc(-n3ccc(OCC4(C)CC4(C)F)n3)ccc2C(=O)NS(=O)(=O)c2cnn(C)c2C)C1. The van der Waals surface area contributed by atoms with Crippen LogP contribution in [0.25, 0.3) is 5.82 Å². The van der Waals surface area contributed by atoms with Crippen LogP contribution < -0.4 is 14.4 Å². The highest BCUT2D eigenvalue weighted by molar-refractivity contribution is 7.90. The van der Waals surface area contributed by atoms with Crippen molar-refractivity contribution < 1.29 is 22.3 Å². The zero-order valence-corrected chi connectivity index (χ0v) is 24.5. The number of aromatic nitrogens is 5. The molecule has 2 unspecified atom stereocenters. The van der Waals surface area contributed by atoms with Crippen LogP contribution in [-0.4, -0.2) is 63.2 Å². The third-order valence-corrected chi connectivity index (χ3v) is 9.40. The van der Waals surface area contributed by atoms with Gasteiger partial charge in [-0.15, -0.1) is 5.10 Å². The first-order valence-electron chi connectivity index (χ1n) is 12.9. The molecule has 0 aromatic carbocycles. The highest BCUT2D eigenvalue weighted by atomic mass is 32.2. The van der Waals surface area contributed by atoms with Gasteiger partial charge < -0.3 is 9.64 Å². The van der Waals surface area contributed by atoms with Crippen LogP contribution in [-0.2, 0) is 17.1 Å². The molecule has 1 amide bonds. The second kappa shape index (κ2) is 9.15. The van der Waals surface area contributed by atoms with Crippen molar-refractivity contribution >= 4 is 21.7 Å². The molecule has 40 heavy (non-hydrogen) atoms. The quantitative estimate of drug-likeness (QED) is 0.408. The first kappa shape index (κ1) is 27.8. The van der Waals surface area contributed by atoms with Gasteiger partial charge in [-0.25, -0.2) is 27.2 Å². The number of aryl methyl sites for hydroxylation is 1. The summed E-state index contributed by atoms with van der Waals surface area (Å²) in [5.41, 5.74) is -0.694. The molecule has 4 heterocycles. The molecule has 5 rings (SSSR count). The largest absolute Gasteiger partial charge is 0.476 e. The summed E-state index contributed by atoms with van der Waals surface area (Å²) in [7, 11) is -2.56. The van der Waals surface area contributed by atoms with Crippen molar-refractivity contribution in [1.82, 2.24) is 29.3 Å². The Morgan fingerprint density at radius 3 is 2.45 bits per heavy atom. The fraction of sp³-hybridized carbons (Fsp3) is 0.481. The minimum Gasteiger partial charge on any atom is -0.476 e. The van der Waals surface area contributed by atoms with Crippen LogP contribution in [0.4, 0.5) is 10.2 Å². The number of ether oxygens (including phenoxy) is 1. The Hall–Kier alpha value is -3.74. The summed E-state index contributed by atoms with van der Waals surface area (Å²) in [5, 5.41) is 8.41. The van der Waals surface area contributed by atoms with Gasteiger partial charge in [0.1, 0.15) is 16.4 Å². The van der Waals surface area contributed by atoms with Crippen LogP contribution in [0.3, 0.4) is 0 Å². The van der Waals surface area contributed by atoms with Gasteiger partial charge in [-0.2, -0.15) is 5.10 Å². The second-order valence-corrected chi connectivity index (χ2v) is 13.4. The van der Waals surface area contributed by atoms with Gasteiger partial charge in [0.2, 0.25) is 5.88 Å². The predicted octanol–water partition coefficient (Wildman–Crippen LogP) is 3.49. The smallest absolute Gasteiger partial charge is 0.268 e. The lowest BCUT2D eigenvalue weighted by Crippen LogP contribution is -2.41. The van der Waals surface area contributed by atoms with Gasteiger partial charge in [0.05, 0.1) is 29.6 Å². The lowest BCUT2D eigenvalue weighted by Gasteiger charge is -2.33. The number of halogens is 1. The van der Waals surface area contributed by atoms with Crippen LogP contribution >= 0.6 is 0 Å². The van der Waals surface area contributed by atoms with Crippen LogP contribution in [0.2, 0.25) is 0 Å². The van der Waals surface area contributed by atoms with E-state index in [1.807, 2.05) is 32.6 Å². The number of nitrogens with one attached hydrogen (secondary N) is 1. The summed E-state index contributed by atoms with van der Waals surface area (Å²) in [4.78, 5) is 20.1. The van der Waals surface area contributed by atoms with Crippen LogP contribution in [0.5, 0.6) is 5.88 Å². The van der Waals surface area contributed by atoms with E-state index in [2.05, 4.69) is 21.0 Å². The molecule has 214 valence electrons. The van der Waals surface area contributed by atoms with E-state index in [0.717, 1.165) is 5.57 Å². The summed E-state index contributed by atoms with van der Waals surface area (Å²) in [6.45, 7) is 11.7. The third kappa shape index (κ3) is 4.87. The van der Waals surface area contributed by atoms with E-state index < -0.39 is 32.6 Å². The molecule has 1 fully saturated rings. The van der Waals surface area contributed by atoms with Crippen molar-refractivity contribution in [3.05, 3.63) is 53.5 Å². The molecule has 1 N–H and O–H groups in total. The first-order valence-corrected chi connectivity index (χ1v) is 14.4. The lowest BCUT2D eigenvalue weighted by atomic mass is 10.0. The van der Waals surface area contributed by atoms with Crippen LogP contribution in [0.15, 0.2) is 47.1 Å². The Morgan fingerprint density at radius 2 is 1.88 bits per heavy atom. The number of carbonyl (C=O) groups excluding carboxylic acids is 1. The zero-order valence-electron chi connectivity index (χ0n) is 23.7. The number of rotatable bonds is 8. The number of nitrogens with zero attached hydrogens (tertiary/aromatic N) is 6. The molecule has 2 aliphatic rings. The highest BCUT2D eigenvalue weighted by Crippen LogP contribution is 2.58. The fourth-order valence-corrected chi connectivity index (χ4v) is 6.26. The van der Waals surface area contributed by atoms with Gasteiger partial charge in [0.25, 0.3) is 15.9 Å². The zero-order chi connectivity index (χ0) is 29.3. The Balaban J connectivity index is 1.46. The summed E-state index contributed by atoms with van der Waals surface area (Å²) in [6.07, 6.45) is 5.39. The van der Waals surface area contributed by atoms with Crippen LogP contribution in [0, 0.1) is 12.3 Å². The lowest BCUT2D eigenvalue weighted by molar-refractivity contribution is 0.0981. The standard InChI is InChI=1S/C27H34FN7O4S/c1-17-12-25(3,4)34(14-17)23-19(24(36)32-40(37,38)20-13-29-33(7)18(20)2)8-9-21(30-23)35-11-10-22(31-35)39-16-26(5)15-27(26,6)28/h8-13H,14-16H2,1-7H3,(H,32,36). The molecular weight excluding hydrogens is 537 g/mol. The fourth-order valence-electron chi connectivity index (χ4n) is 5.09. The highest BCUT2D eigenvalue weighted by Gasteiger charge is 2.63. The van der Waals surface area contributed by atoms with Crippen molar-refractivity contribution in [1.29, 1.82) is 0 Å². The molecule has 1 aliphatic carbocycles. The topological polar surface area (TPSA) is 124 Å². The Labute approximate surface area is 233 Å². The average molecular weight is 572 g/mol. The predicted molar refractivity (Wildman–Crippen MR) is 147 cm³/mol. The molecule has 2 atom stereocenters. The van der Waals surface area contributed by atoms with E-state index in [0.29, 0.717) is 36.2 Å². The van der Waals surface area contributed by atoms with Gasteiger partial charge in [0.15, 0.2) is 5.82 Å². The Morgan fingerprint density at radius 1 is 1.18 bits per heavy atom. The maximum absolute atomic E-state index is 14.2.